The number of rotatable bonds is 6. The highest BCUT2D eigenvalue weighted by Crippen LogP contribution is 2.20. The van der Waals surface area contributed by atoms with E-state index in [9.17, 15) is 8.42 Å². The fraction of sp³-hybridized carbons (Fsp3) is 0.538. The van der Waals surface area contributed by atoms with Gasteiger partial charge in [0.05, 0.1) is 4.90 Å². The van der Waals surface area contributed by atoms with E-state index >= 15 is 0 Å². The van der Waals surface area contributed by atoms with E-state index < -0.39 is 10.0 Å². The summed E-state index contributed by atoms with van der Waals surface area (Å²) in [6.07, 6.45) is 0. The van der Waals surface area contributed by atoms with Crippen LogP contribution in [0.3, 0.4) is 0 Å². The maximum atomic E-state index is 12.3. The number of benzene rings is 1. The standard InChI is InChI=1S/C13H22ClN3O2S/c1-13(2,17(3)4)9-16-20(18,19)11-5-6-12(14)10(7-11)8-15/h5-7,16H,8-9,15H2,1-4H3. The van der Waals surface area contributed by atoms with Gasteiger partial charge in [0.15, 0.2) is 0 Å². The molecule has 0 spiro atoms. The Kier molecular flexibility index (Phi) is 5.57. The van der Waals surface area contributed by atoms with Gasteiger partial charge in [-0.05, 0) is 51.7 Å². The van der Waals surface area contributed by atoms with Crippen LogP contribution < -0.4 is 10.5 Å². The Hall–Kier alpha value is -0.660. The number of likely N-dealkylation sites (N-methyl/N-ethyl adjacent to an activating group) is 1. The highest BCUT2D eigenvalue weighted by molar-refractivity contribution is 7.89. The second kappa shape index (κ2) is 6.41. The molecule has 0 aliphatic rings. The quantitative estimate of drug-likeness (QED) is 0.831. The van der Waals surface area contributed by atoms with Crippen LogP contribution in [0.2, 0.25) is 5.02 Å². The van der Waals surface area contributed by atoms with Crippen molar-refractivity contribution in [3.8, 4) is 0 Å². The molecular weight excluding hydrogens is 298 g/mol. The van der Waals surface area contributed by atoms with Gasteiger partial charge in [-0.25, -0.2) is 13.1 Å². The average molecular weight is 320 g/mol. The van der Waals surface area contributed by atoms with E-state index in [4.69, 9.17) is 17.3 Å². The van der Waals surface area contributed by atoms with Crippen molar-refractivity contribution in [1.29, 1.82) is 0 Å². The Morgan fingerprint density at radius 1 is 1.35 bits per heavy atom. The van der Waals surface area contributed by atoms with Crippen LogP contribution in [0.4, 0.5) is 0 Å². The molecule has 1 rings (SSSR count). The molecule has 1 aromatic carbocycles. The molecular formula is C13H22ClN3O2S. The number of nitrogens with two attached hydrogens (primary N) is 1. The number of hydrogen-bond donors (Lipinski definition) is 2. The number of nitrogens with one attached hydrogen (secondary N) is 1. The lowest BCUT2D eigenvalue weighted by molar-refractivity contribution is 0.199. The minimum atomic E-state index is -3.57. The molecule has 3 N–H and O–H groups in total. The van der Waals surface area contributed by atoms with Crippen LogP contribution in [0, 0.1) is 0 Å². The molecule has 0 bridgehead atoms. The lowest BCUT2D eigenvalue weighted by Gasteiger charge is -2.32. The maximum Gasteiger partial charge on any atom is 0.240 e. The van der Waals surface area contributed by atoms with Crippen LogP contribution in [-0.4, -0.2) is 39.5 Å². The van der Waals surface area contributed by atoms with Gasteiger partial charge in [-0.2, -0.15) is 0 Å². The molecule has 0 aromatic heterocycles. The van der Waals surface area contributed by atoms with Crippen molar-refractivity contribution < 1.29 is 8.42 Å². The molecule has 114 valence electrons. The van der Waals surface area contributed by atoms with Crippen molar-refractivity contribution in [2.45, 2.75) is 30.8 Å². The molecule has 0 aliphatic carbocycles. The minimum Gasteiger partial charge on any atom is -0.326 e. The van der Waals surface area contributed by atoms with E-state index in [0.717, 1.165) is 0 Å². The highest BCUT2D eigenvalue weighted by Gasteiger charge is 2.24. The fourth-order valence-electron chi connectivity index (χ4n) is 1.39. The second-order valence-corrected chi connectivity index (χ2v) is 7.66. The van der Waals surface area contributed by atoms with E-state index in [2.05, 4.69) is 4.72 Å². The number of halogens is 1. The van der Waals surface area contributed by atoms with Crippen LogP contribution in [0.5, 0.6) is 0 Å². The second-order valence-electron chi connectivity index (χ2n) is 5.49. The van der Waals surface area contributed by atoms with Gasteiger partial charge in [0.2, 0.25) is 10.0 Å². The van der Waals surface area contributed by atoms with Gasteiger partial charge < -0.3 is 10.6 Å². The van der Waals surface area contributed by atoms with Gasteiger partial charge >= 0.3 is 0 Å². The van der Waals surface area contributed by atoms with E-state index in [1.807, 2.05) is 32.8 Å². The molecule has 20 heavy (non-hydrogen) atoms. The SMILES string of the molecule is CN(C)C(C)(C)CNS(=O)(=O)c1ccc(Cl)c(CN)c1. The Morgan fingerprint density at radius 3 is 2.45 bits per heavy atom. The molecule has 7 heteroatoms. The average Bonchev–Trinajstić information content (AvgIpc) is 2.37. The third-order valence-electron chi connectivity index (χ3n) is 3.45. The van der Waals surface area contributed by atoms with E-state index in [-0.39, 0.29) is 17.0 Å². The van der Waals surface area contributed by atoms with Crippen LogP contribution >= 0.6 is 11.6 Å². The number of hydrogen-bond acceptors (Lipinski definition) is 4. The summed E-state index contributed by atoms with van der Waals surface area (Å²) in [5.74, 6) is 0. The van der Waals surface area contributed by atoms with E-state index in [1.165, 1.54) is 12.1 Å². The summed E-state index contributed by atoms with van der Waals surface area (Å²) >= 11 is 5.94. The number of nitrogens with zero attached hydrogens (tertiary/aromatic N) is 1. The topological polar surface area (TPSA) is 75.4 Å². The van der Waals surface area contributed by atoms with Crippen LogP contribution in [0.25, 0.3) is 0 Å². The molecule has 5 nitrogen and oxygen atoms in total. The molecule has 0 saturated carbocycles. The van der Waals surface area contributed by atoms with Gasteiger partial charge in [-0.15, -0.1) is 0 Å². The first kappa shape index (κ1) is 17.4. The molecule has 0 unspecified atom stereocenters. The van der Waals surface area contributed by atoms with Crippen molar-refractivity contribution >= 4 is 21.6 Å². The first-order chi connectivity index (χ1) is 9.10. The van der Waals surface area contributed by atoms with E-state index in [0.29, 0.717) is 17.1 Å². The number of sulfonamides is 1. The molecule has 0 atom stereocenters. The van der Waals surface area contributed by atoms with Gasteiger partial charge in [-0.1, -0.05) is 11.6 Å². The van der Waals surface area contributed by atoms with Crippen LogP contribution in [0.1, 0.15) is 19.4 Å². The van der Waals surface area contributed by atoms with Crippen molar-refractivity contribution in [3.63, 3.8) is 0 Å². The Morgan fingerprint density at radius 2 is 1.95 bits per heavy atom. The Balaban J connectivity index is 2.95. The van der Waals surface area contributed by atoms with Gasteiger partial charge in [0, 0.05) is 23.7 Å². The smallest absolute Gasteiger partial charge is 0.240 e. The molecule has 0 fully saturated rings. The third-order valence-corrected chi connectivity index (χ3v) is 5.22. The van der Waals surface area contributed by atoms with Gasteiger partial charge in [-0.3, -0.25) is 0 Å². The largest absolute Gasteiger partial charge is 0.326 e. The molecule has 0 aliphatic heterocycles. The lowest BCUT2D eigenvalue weighted by atomic mass is 10.1. The third kappa shape index (κ3) is 4.17. The Bertz CT molecular complexity index is 571. The van der Waals surface area contributed by atoms with Crippen LogP contribution in [0.15, 0.2) is 23.1 Å². The van der Waals surface area contributed by atoms with Crippen molar-refractivity contribution in [2.75, 3.05) is 20.6 Å². The summed E-state index contributed by atoms with van der Waals surface area (Å²) in [6, 6.07) is 4.54. The lowest BCUT2D eigenvalue weighted by Crippen LogP contribution is -2.48. The molecule has 1 aromatic rings. The monoisotopic (exact) mass is 319 g/mol. The zero-order valence-electron chi connectivity index (χ0n) is 12.3. The summed E-state index contributed by atoms with van der Waals surface area (Å²) in [5, 5.41) is 0.472. The zero-order valence-corrected chi connectivity index (χ0v) is 13.8. The van der Waals surface area contributed by atoms with Crippen molar-refractivity contribution in [1.82, 2.24) is 9.62 Å². The van der Waals surface area contributed by atoms with Crippen LogP contribution in [-0.2, 0) is 16.6 Å². The molecule has 0 radical (unpaired) electrons. The summed E-state index contributed by atoms with van der Waals surface area (Å²) < 4.78 is 27.1. The predicted molar refractivity (Wildman–Crippen MR) is 82.3 cm³/mol. The van der Waals surface area contributed by atoms with Gasteiger partial charge in [0.1, 0.15) is 0 Å². The fourth-order valence-corrected chi connectivity index (χ4v) is 2.84. The van der Waals surface area contributed by atoms with Crippen molar-refractivity contribution in [2.24, 2.45) is 5.73 Å². The summed E-state index contributed by atoms with van der Waals surface area (Å²) in [6.45, 7) is 4.43. The summed E-state index contributed by atoms with van der Waals surface area (Å²) in [4.78, 5) is 2.14. The Labute approximate surface area is 126 Å². The first-order valence-corrected chi connectivity index (χ1v) is 8.12. The normalized spacial score (nSPS) is 12.9. The van der Waals surface area contributed by atoms with Crippen molar-refractivity contribution in [3.05, 3.63) is 28.8 Å². The first-order valence-electron chi connectivity index (χ1n) is 6.26. The maximum absolute atomic E-state index is 12.3. The minimum absolute atomic E-state index is 0.178. The zero-order chi connectivity index (χ0) is 15.6. The van der Waals surface area contributed by atoms with E-state index in [1.54, 1.807) is 6.07 Å². The molecule has 0 saturated heterocycles. The highest BCUT2D eigenvalue weighted by atomic mass is 35.5. The van der Waals surface area contributed by atoms with Gasteiger partial charge in [0.25, 0.3) is 0 Å². The summed E-state index contributed by atoms with van der Waals surface area (Å²) in [7, 11) is 0.245. The predicted octanol–water partition coefficient (Wildman–Crippen LogP) is 1.42. The molecule has 0 amide bonds. The summed E-state index contributed by atoms with van der Waals surface area (Å²) in [5.41, 5.74) is 5.87. The molecule has 0 heterocycles.